The first-order valence-corrected chi connectivity index (χ1v) is 4.34. The van der Waals surface area contributed by atoms with Gasteiger partial charge in [-0.25, -0.2) is 4.58 Å². The van der Waals surface area contributed by atoms with E-state index >= 15 is 0 Å². The van der Waals surface area contributed by atoms with Crippen molar-refractivity contribution in [3.05, 3.63) is 28.8 Å². The first-order valence-electron chi connectivity index (χ1n) is 4.34. The lowest BCUT2D eigenvalue weighted by Crippen LogP contribution is -2.07. The molecular weight excluding hydrogens is 196 g/mol. The number of rotatable bonds is 2. The second-order valence-corrected chi connectivity index (χ2v) is 2.82. The monoisotopic (exact) mass is 205 g/mol. The molecule has 76 valence electrons. The van der Waals surface area contributed by atoms with Crippen LogP contribution in [0.15, 0.2) is 28.3 Å². The molecule has 6 nitrogen and oxygen atoms in total. The number of aliphatic hydroxyl groups is 1. The quantitative estimate of drug-likeness (QED) is 0.651. The van der Waals surface area contributed by atoms with Crippen LogP contribution in [0.1, 0.15) is 0 Å². The molecule has 15 heavy (non-hydrogen) atoms. The van der Waals surface area contributed by atoms with Gasteiger partial charge in [-0.1, -0.05) is 16.1 Å². The van der Waals surface area contributed by atoms with Gasteiger partial charge in [-0.2, -0.15) is 0 Å². The van der Waals surface area contributed by atoms with Crippen molar-refractivity contribution >= 4 is 24.1 Å². The molecule has 0 radical (unpaired) electrons. The number of allylic oxidation sites excluding steroid dienone is 1. The van der Waals surface area contributed by atoms with Gasteiger partial charge in [-0.05, 0) is 6.08 Å². The van der Waals surface area contributed by atoms with Crippen molar-refractivity contribution in [1.82, 2.24) is 9.97 Å². The van der Waals surface area contributed by atoms with Gasteiger partial charge in [0, 0.05) is 0 Å². The fourth-order valence-electron chi connectivity index (χ4n) is 1.19. The molecule has 0 unspecified atom stereocenters. The number of aliphatic imine (C=N–C) groups is 1. The summed E-state index contributed by atoms with van der Waals surface area (Å²) in [4.78, 5) is 21.6. The molecule has 2 rings (SSSR count). The maximum Gasteiger partial charge on any atom is 0.317 e. The van der Waals surface area contributed by atoms with Gasteiger partial charge < -0.3 is 5.11 Å². The Bertz CT molecular complexity index is 513. The molecule has 0 atom stereocenters. The molecule has 1 aromatic rings. The van der Waals surface area contributed by atoms with Crippen LogP contribution in [0, 0.1) is 0 Å². The summed E-state index contributed by atoms with van der Waals surface area (Å²) in [6.07, 6.45) is 7.71. The van der Waals surface area contributed by atoms with Gasteiger partial charge in [-0.15, -0.1) is 0 Å². The van der Waals surface area contributed by atoms with Crippen LogP contribution >= 0.6 is 0 Å². The van der Waals surface area contributed by atoms with Gasteiger partial charge in [0.1, 0.15) is 0 Å². The summed E-state index contributed by atoms with van der Waals surface area (Å²) in [6.45, 7) is -0.0306. The summed E-state index contributed by atoms with van der Waals surface area (Å²) in [6, 6.07) is 0. The molecule has 0 saturated heterocycles. The van der Waals surface area contributed by atoms with Gasteiger partial charge in [0.2, 0.25) is 6.34 Å². The fraction of sp³-hybridized carbons (Fsp3) is 0.111. The smallest absolute Gasteiger partial charge is 0.317 e. The Labute approximate surface area is 85.0 Å². The maximum absolute atomic E-state index is 11.3. The van der Waals surface area contributed by atoms with Gasteiger partial charge >= 0.3 is 5.82 Å². The summed E-state index contributed by atoms with van der Waals surface area (Å²) < 4.78 is 1.61. The number of nitrogens with one attached hydrogen (secondary N) is 1. The van der Waals surface area contributed by atoms with E-state index in [9.17, 15) is 4.79 Å². The van der Waals surface area contributed by atoms with Crippen LogP contribution in [-0.4, -0.2) is 38.8 Å². The highest BCUT2D eigenvalue weighted by atomic mass is 16.2. The number of aliphatic hydroxyl groups excluding tert-OH is 1. The first-order chi connectivity index (χ1) is 7.33. The number of aromatic amines is 1. The highest BCUT2D eigenvalue weighted by Gasteiger charge is 2.24. The summed E-state index contributed by atoms with van der Waals surface area (Å²) in [7, 11) is 0. The van der Waals surface area contributed by atoms with E-state index in [0.29, 0.717) is 11.5 Å². The number of aromatic nitrogens is 2. The minimum absolute atomic E-state index is 0.0306. The Morgan fingerprint density at radius 3 is 3.27 bits per heavy atom. The highest BCUT2D eigenvalue weighted by Crippen LogP contribution is 2.22. The molecule has 0 aromatic carbocycles. The van der Waals surface area contributed by atoms with Crippen LogP contribution in [0.2, 0.25) is 0 Å². The van der Waals surface area contributed by atoms with Gasteiger partial charge in [0.25, 0.3) is 11.2 Å². The number of fused-ring (bicyclic) bond motifs is 1. The van der Waals surface area contributed by atoms with Gasteiger partial charge in [-0.3, -0.25) is 9.78 Å². The van der Waals surface area contributed by atoms with Crippen molar-refractivity contribution in [2.45, 2.75) is 0 Å². The Kier molecular flexibility index (Phi) is 2.51. The van der Waals surface area contributed by atoms with Crippen molar-refractivity contribution in [3.63, 3.8) is 0 Å². The summed E-state index contributed by atoms with van der Waals surface area (Å²) in [5.41, 5.74) is 0.0319. The van der Waals surface area contributed by atoms with Crippen molar-refractivity contribution in [2.24, 2.45) is 4.99 Å². The van der Waals surface area contributed by atoms with Crippen molar-refractivity contribution in [2.75, 3.05) is 6.61 Å². The SMILES string of the molecule is O=c1[nH]cnc2c1N=C/[N+]2=C/C=CCO. The van der Waals surface area contributed by atoms with E-state index in [0.717, 1.165) is 0 Å². The molecule has 2 N–H and O–H groups in total. The zero-order chi connectivity index (χ0) is 10.7. The Balaban J connectivity index is 2.42. The lowest BCUT2D eigenvalue weighted by atomic mass is 10.5. The summed E-state index contributed by atoms with van der Waals surface area (Å²) in [5, 5.41) is 8.55. The van der Waals surface area contributed by atoms with Crippen LogP contribution in [-0.2, 0) is 0 Å². The highest BCUT2D eigenvalue weighted by molar-refractivity contribution is 5.78. The molecule has 0 fully saturated rings. The molecule has 6 heteroatoms. The summed E-state index contributed by atoms with van der Waals surface area (Å²) in [5.74, 6) is 0.487. The minimum atomic E-state index is -0.265. The molecule has 0 spiro atoms. The van der Waals surface area contributed by atoms with E-state index in [1.807, 2.05) is 0 Å². The second-order valence-electron chi connectivity index (χ2n) is 2.82. The van der Waals surface area contributed by atoms with E-state index in [2.05, 4.69) is 15.0 Å². The van der Waals surface area contributed by atoms with E-state index in [1.165, 1.54) is 12.7 Å². The van der Waals surface area contributed by atoms with E-state index in [-0.39, 0.29) is 12.2 Å². The number of hydrogen-bond acceptors (Lipinski definition) is 4. The Morgan fingerprint density at radius 1 is 1.60 bits per heavy atom. The third-order valence-corrected chi connectivity index (χ3v) is 1.85. The molecule has 0 aliphatic carbocycles. The molecule has 0 amide bonds. The topological polar surface area (TPSA) is 81.3 Å². The van der Waals surface area contributed by atoms with Gasteiger partial charge in [0.05, 0.1) is 12.8 Å². The van der Waals surface area contributed by atoms with E-state index < -0.39 is 0 Å². The molecule has 0 saturated carbocycles. The van der Waals surface area contributed by atoms with Crippen LogP contribution in [0.4, 0.5) is 11.5 Å². The molecule has 1 aliphatic heterocycles. The molecule has 2 heterocycles. The molecule has 0 bridgehead atoms. The first kappa shape index (κ1) is 9.47. The van der Waals surface area contributed by atoms with Crippen LogP contribution in [0.5, 0.6) is 0 Å². The minimum Gasteiger partial charge on any atom is -0.392 e. The van der Waals surface area contributed by atoms with Crippen molar-refractivity contribution in [1.29, 1.82) is 0 Å². The molecule has 1 aliphatic rings. The zero-order valence-electron chi connectivity index (χ0n) is 7.79. The zero-order valence-corrected chi connectivity index (χ0v) is 7.79. The van der Waals surface area contributed by atoms with E-state index in [1.54, 1.807) is 22.9 Å². The average molecular weight is 205 g/mol. The normalized spacial score (nSPS) is 16.5. The average Bonchev–Trinajstić information content (AvgIpc) is 2.64. The van der Waals surface area contributed by atoms with Crippen LogP contribution in [0.25, 0.3) is 0 Å². The number of nitrogens with zero attached hydrogens (tertiary/aromatic N) is 3. The fourth-order valence-corrected chi connectivity index (χ4v) is 1.19. The standard InChI is InChI=1S/C9H8N4O2/c14-4-2-1-3-13-6-12-7-8(13)10-5-11-9(7)15/h1-3,5-6,14H,4H2/p+1/b2-1?,13-3-. The largest absolute Gasteiger partial charge is 0.392 e. The second kappa shape index (κ2) is 3.97. The van der Waals surface area contributed by atoms with Crippen molar-refractivity contribution in [3.8, 4) is 0 Å². The van der Waals surface area contributed by atoms with Crippen LogP contribution in [0.3, 0.4) is 0 Å². The summed E-state index contributed by atoms with van der Waals surface area (Å²) >= 11 is 0. The molecular formula is C9H9N4O2+. The lowest BCUT2D eigenvalue weighted by Gasteiger charge is -1.89. The van der Waals surface area contributed by atoms with Crippen LogP contribution < -0.4 is 5.56 Å². The Morgan fingerprint density at radius 2 is 2.47 bits per heavy atom. The third-order valence-electron chi connectivity index (χ3n) is 1.85. The van der Waals surface area contributed by atoms with Crippen molar-refractivity contribution < 1.29 is 9.68 Å². The predicted molar refractivity (Wildman–Crippen MR) is 55.2 cm³/mol. The van der Waals surface area contributed by atoms with E-state index in [4.69, 9.17) is 5.11 Å². The predicted octanol–water partition coefficient (Wildman–Crippen LogP) is -0.293. The Hall–Kier alpha value is -2.08. The third kappa shape index (κ3) is 1.75. The number of hydrogen-bond donors (Lipinski definition) is 2. The lowest BCUT2D eigenvalue weighted by molar-refractivity contribution is -0.287. The van der Waals surface area contributed by atoms with Gasteiger partial charge in [0.15, 0.2) is 6.33 Å². The number of H-pyrrole nitrogens is 1. The maximum atomic E-state index is 11.3. The molecule has 1 aromatic heterocycles.